The van der Waals surface area contributed by atoms with E-state index in [-0.39, 0.29) is 17.1 Å². The topological polar surface area (TPSA) is 132 Å². The number of hydrogen-bond donors (Lipinski definition) is 2. The van der Waals surface area contributed by atoms with Crippen LogP contribution >= 0.6 is 0 Å². The maximum atomic E-state index is 14.2. The molecular weight excluding hydrogens is 466 g/mol. The number of nitrogens with one attached hydrogen (secondary N) is 1. The molecule has 0 spiro atoms. The first-order valence-corrected chi connectivity index (χ1v) is 11.5. The lowest BCUT2D eigenvalue weighted by atomic mass is 10.0. The molecule has 5 rings (SSSR count). The minimum absolute atomic E-state index is 0.0445. The molecule has 0 bridgehead atoms. The summed E-state index contributed by atoms with van der Waals surface area (Å²) >= 11 is 0. The number of nitrogens with two attached hydrogens (primary N) is 1. The van der Waals surface area contributed by atoms with Crippen LogP contribution in [0.3, 0.4) is 0 Å². The van der Waals surface area contributed by atoms with Crippen LogP contribution in [-0.4, -0.2) is 26.6 Å². The van der Waals surface area contributed by atoms with Gasteiger partial charge in [-0.3, -0.25) is 9.36 Å². The Morgan fingerprint density at radius 1 is 1.05 bits per heavy atom. The van der Waals surface area contributed by atoms with Gasteiger partial charge in [0, 0.05) is 23.0 Å². The molecule has 1 atom stereocenters. The minimum Gasteiger partial charge on any atom is -0.481 e. The fourth-order valence-corrected chi connectivity index (χ4v) is 4.30. The number of anilines is 2. The fourth-order valence-electron chi connectivity index (χ4n) is 4.30. The lowest BCUT2D eigenvalue weighted by Gasteiger charge is -2.22. The number of nitrogen functional groups attached to an aromatic ring is 1. The molecule has 37 heavy (non-hydrogen) atoms. The van der Waals surface area contributed by atoms with Crippen molar-refractivity contribution in [1.82, 2.24) is 19.5 Å². The van der Waals surface area contributed by atoms with E-state index in [0.717, 1.165) is 5.39 Å². The summed E-state index contributed by atoms with van der Waals surface area (Å²) in [4.78, 5) is 26.9. The Morgan fingerprint density at radius 2 is 1.84 bits per heavy atom. The number of pyridine rings is 2. The van der Waals surface area contributed by atoms with E-state index in [1.807, 2.05) is 73.7 Å². The molecule has 0 saturated heterocycles. The van der Waals surface area contributed by atoms with E-state index in [4.69, 9.17) is 10.5 Å². The number of rotatable bonds is 6. The van der Waals surface area contributed by atoms with E-state index in [9.17, 15) is 10.1 Å². The molecule has 0 radical (unpaired) electrons. The summed E-state index contributed by atoms with van der Waals surface area (Å²) in [6, 6.07) is 24.1. The average molecular weight is 490 g/mol. The predicted octanol–water partition coefficient (Wildman–Crippen LogP) is 4.48. The second-order valence-electron chi connectivity index (χ2n) is 8.35. The maximum absolute atomic E-state index is 14.2. The van der Waals surface area contributed by atoms with Crippen LogP contribution in [0.25, 0.3) is 27.7 Å². The van der Waals surface area contributed by atoms with E-state index in [1.54, 1.807) is 17.7 Å². The van der Waals surface area contributed by atoms with Crippen molar-refractivity contribution in [3.05, 3.63) is 101 Å². The standard InChI is InChI=1S/C28H23N7O2/c1-17(32-26-19(15-29)16-31-28(30)34-26)23-14-18-8-6-11-21(22-12-7-13-24(33-22)37-2)25(18)27(36)35(23)20-9-4-3-5-10-20/h3-14,16-17H,1-2H3,(H3,30,31,32,34). The molecule has 9 heteroatoms. The average Bonchev–Trinajstić information content (AvgIpc) is 2.93. The molecular formula is C28H23N7O2. The molecule has 3 aromatic heterocycles. The Kier molecular flexibility index (Phi) is 6.22. The minimum atomic E-state index is -0.419. The number of hydrogen-bond acceptors (Lipinski definition) is 8. The van der Waals surface area contributed by atoms with Gasteiger partial charge in [0.25, 0.3) is 5.56 Å². The maximum Gasteiger partial charge on any atom is 0.263 e. The second-order valence-corrected chi connectivity index (χ2v) is 8.35. The Bertz CT molecular complexity index is 1710. The molecule has 0 aliphatic rings. The second kappa shape index (κ2) is 9.79. The van der Waals surface area contributed by atoms with Gasteiger partial charge in [0.2, 0.25) is 11.8 Å². The third-order valence-corrected chi connectivity index (χ3v) is 6.02. The van der Waals surface area contributed by atoms with E-state index in [1.165, 1.54) is 6.20 Å². The molecule has 0 fully saturated rings. The highest BCUT2D eigenvalue weighted by molar-refractivity contribution is 5.95. The van der Waals surface area contributed by atoms with Crippen molar-refractivity contribution < 1.29 is 4.74 Å². The number of para-hydroxylation sites is 1. The summed E-state index contributed by atoms with van der Waals surface area (Å²) in [5, 5.41) is 14.0. The van der Waals surface area contributed by atoms with E-state index >= 15 is 0 Å². The van der Waals surface area contributed by atoms with Gasteiger partial charge in [-0.1, -0.05) is 42.5 Å². The van der Waals surface area contributed by atoms with Gasteiger partial charge in [-0.15, -0.1) is 0 Å². The van der Waals surface area contributed by atoms with Crippen LogP contribution in [0, 0.1) is 11.3 Å². The number of aromatic nitrogens is 4. The number of methoxy groups -OCH3 is 1. The first-order chi connectivity index (χ1) is 18.0. The van der Waals surface area contributed by atoms with Gasteiger partial charge in [0.15, 0.2) is 0 Å². The summed E-state index contributed by atoms with van der Waals surface area (Å²) in [6.07, 6.45) is 1.37. The zero-order valence-corrected chi connectivity index (χ0v) is 20.2. The Morgan fingerprint density at radius 3 is 2.59 bits per heavy atom. The van der Waals surface area contributed by atoms with Crippen LogP contribution in [0.4, 0.5) is 11.8 Å². The first-order valence-electron chi connectivity index (χ1n) is 11.5. The number of fused-ring (bicyclic) bond motifs is 1. The molecule has 0 amide bonds. The lowest BCUT2D eigenvalue weighted by molar-refractivity contribution is 0.398. The van der Waals surface area contributed by atoms with Gasteiger partial charge < -0.3 is 15.8 Å². The molecule has 3 N–H and O–H groups in total. The van der Waals surface area contributed by atoms with Gasteiger partial charge in [0.05, 0.1) is 30.4 Å². The number of benzene rings is 2. The molecule has 182 valence electrons. The molecule has 1 unspecified atom stereocenters. The van der Waals surface area contributed by atoms with E-state index in [2.05, 4.69) is 26.3 Å². The van der Waals surface area contributed by atoms with Crippen molar-refractivity contribution in [1.29, 1.82) is 5.26 Å². The van der Waals surface area contributed by atoms with Crippen molar-refractivity contribution in [3.8, 4) is 28.9 Å². The highest BCUT2D eigenvalue weighted by atomic mass is 16.5. The molecule has 0 aliphatic carbocycles. The highest BCUT2D eigenvalue weighted by Crippen LogP contribution is 2.30. The van der Waals surface area contributed by atoms with E-state index < -0.39 is 6.04 Å². The third-order valence-electron chi connectivity index (χ3n) is 6.02. The largest absolute Gasteiger partial charge is 0.481 e. The molecule has 3 heterocycles. The van der Waals surface area contributed by atoms with Crippen molar-refractivity contribution in [3.63, 3.8) is 0 Å². The van der Waals surface area contributed by atoms with E-state index in [0.29, 0.717) is 39.7 Å². The number of nitriles is 1. The van der Waals surface area contributed by atoms with Gasteiger partial charge >= 0.3 is 0 Å². The summed E-state index contributed by atoms with van der Waals surface area (Å²) in [7, 11) is 1.56. The molecule has 2 aromatic carbocycles. The van der Waals surface area contributed by atoms with Crippen molar-refractivity contribution in [2.24, 2.45) is 0 Å². The molecule has 0 aliphatic heterocycles. The van der Waals surface area contributed by atoms with Crippen molar-refractivity contribution in [2.75, 3.05) is 18.2 Å². The van der Waals surface area contributed by atoms with Crippen LogP contribution < -0.4 is 21.3 Å². The normalized spacial score (nSPS) is 11.6. The quantitative estimate of drug-likeness (QED) is 0.357. The molecule has 9 nitrogen and oxygen atoms in total. The monoisotopic (exact) mass is 489 g/mol. The number of nitrogens with zero attached hydrogens (tertiary/aromatic N) is 5. The number of ether oxygens (including phenoxy) is 1. The Hall–Kier alpha value is -5.23. The van der Waals surface area contributed by atoms with Crippen molar-refractivity contribution in [2.45, 2.75) is 13.0 Å². The van der Waals surface area contributed by atoms with Crippen molar-refractivity contribution >= 4 is 22.5 Å². The lowest BCUT2D eigenvalue weighted by Crippen LogP contribution is -2.26. The Balaban J connectivity index is 1.74. The smallest absolute Gasteiger partial charge is 0.263 e. The van der Waals surface area contributed by atoms with Crippen LogP contribution in [-0.2, 0) is 0 Å². The zero-order valence-electron chi connectivity index (χ0n) is 20.2. The molecule has 0 saturated carbocycles. The summed E-state index contributed by atoms with van der Waals surface area (Å²) < 4.78 is 6.97. The van der Waals surface area contributed by atoms with Crippen LogP contribution in [0.5, 0.6) is 5.88 Å². The van der Waals surface area contributed by atoms with Gasteiger partial charge in [-0.2, -0.15) is 10.2 Å². The van der Waals surface area contributed by atoms with Crippen LogP contribution in [0.15, 0.2) is 83.8 Å². The SMILES string of the molecule is COc1cccc(-c2cccc3cc(C(C)Nc4nc(N)ncc4C#N)n(-c4ccccc4)c(=O)c23)n1. The Labute approximate surface area is 212 Å². The summed E-state index contributed by atoms with van der Waals surface area (Å²) in [5.74, 6) is 0.803. The van der Waals surface area contributed by atoms with Gasteiger partial charge in [-0.25, -0.2) is 9.97 Å². The molecule has 5 aromatic rings. The first kappa shape index (κ1) is 23.5. The van der Waals surface area contributed by atoms with Crippen LogP contribution in [0.1, 0.15) is 24.2 Å². The van der Waals surface area contributed by atoms with Gasteiger partial charge in [0.1, 0.15) is 17.5 Å². The highest BCUT2D eigenvalue weighted by Gasteiger charge is 2.20. The van der Waals surface area contributed by atoms with Gasteiger partial charge in [-0.05, 0) is 36.6 Å². The zero-order chi connectivity index (χ0) is 25.9. The third kappa shape index (κ3) is 4.44. The van der Waals surface area contributed by atoms with Crippen LogP contribution in [0.2, 0.25) is 0 Å². The predicted molar refractivity (Wildman–Crippen MR) is 143 cm³/mol. The fraction of sp³-hybridized carbons (Fsp3) is 0.107. The summed E-state index contributed by atoms with van der Waals surface area (Å²) in [5.41, 5.74) is 8.54. The summed E-state index contributed by atoms with van der Waals surface area (Å²) in [6.45, 7) is 1.90.